The quantitative estimate of drug-likeness (QED) is 0.840. The first-order chi connectivity index (χ1) is 8.42. The van der Waals surface area contributed by atoms with Crippen molar-refractivity contribution < 1.29 is 0 Å². The Balaban J connectivity index is 1.51. The molecule has 1 saturated heterocycles. The molecule has 0 bridgehead atoms. The van der Waals surface area contributed by atoms with Crippen molar-refractivity contribution in [2.45, 2.75) is 38.1 Å². The van der Waals surface area contributed by atoms with Crippen molar-refractivity contribution in [2.24, 2.45) is 17.8 Å². The van der Waals surface area contributed by atoms with Crippen LogP contribution in [0, 0.1) is 17.8 Å². The van der Waals surface area contributed by atoms with Crippen LogP contribution in [0.25, 0.3) is 0 Å². The SMILES string of the molecule is c1ncn(CC(C2CC2)C2CC2)c1C1CNC1. The van der Waals surface area contributed by atoms with Crippen LogP contribution in [0.1, 0.15) is 37.3 Å². The topological polar surface area (TPSA) is 29.9 Å². The van der Waals surface area contributed by atoms with Crippen molar-refractivity contribution in [2.75, 3.05) is 13.1 Å². The molecule has 2 heterocycles. The molecule has 2 saturated carbocycles. The van der Waals surface area contributed by atoms with Crippen molar-refractivity contribution in [3.8, 4) is 0 Å². The molecule has 0 amide bonds. The molecule has 3 nitrogen and oxygen atoms in total. The largest absolute Gasteiger partial charge is 0.334 e. The lowest BCUT2D eigenvalue weighted by Crippen LogP contribution is -2.41. The summed E-state index contributed by atoms with van der Waals surface area (Å²) in [6.07, 6.45) is 10.1. The summed E-state index contributed by atoms with van der Waals surface area (Å²) in [7, 11) is 0. The molecule has 0 unspecified atom stereocenters. The fraction of sp³-hybridized carbons (Fsp3) is 0.786. The van der Waals surface area contributed by atoms with Crippen LogP contribution in [0.2, 0.25) is 0 Å². The maximum Gasteiger partial charge on any atom is 0.0948 e. The maximum atomic E-state index is 4.37. The normalized spacial score (nSPS) is 25.2. The highest BCUT2D eigenvalue weighted by molar-refractivity contribution is 5.12. The number of aromatic nitrogens is 2. The first-order valence-corrected chi connectivity index (χ1v) is 7.12. The highest BCUT2D eigenvalue weighted by Gasteiger charge is 2.41. The molecule has 3 aliphatic rings. The number of hydrogen-bond donors (Lipinski definition) is 1. The number of hydrogen-bond acceptors (Lipinski definition) is 2. The number of nitrogens with one attached hydrogen (secondary N) is 1. The van der Waals surface area contributed by atoms with E-state index in [1.54, 1.807) is 0 Å². The van der Waals surface area contributed by atoms with Gasteiger partial charge in [-0.05, 0) is 43.4 Å². The second-order valence-corrected chi connectivity index (χ2v) is 6.16. The summed E-state index contributed by atoms with van der Waals surface area (Å²) in [6.45, 7) is 3.52. The molecule has 3 fully saturated rings. The zero-order valence-electron chi connectivity index (χ0n) is 10.3. The van der Waals surface area contributed by atoms with Crippen molar-refractivity contribution in [3.63, 3.8) is 0 Å². The second-order valence-electron chi connectivity index (χ2n) is 6.16. The number of rotatable bonds is 5. The maximum absolute atomic E-state index is 4.37. The average Bonchev–Trinajstić information content (AvgIpc) is 3.15. The van der Waals surface area contributed by atoms with Gasteiger partial charge in [-0.1, -0.05) is 0 Å². The molecule has 1 aliphatic heterocycles. The fourth-order valence-corrected chi connectivity index (χ4v) is 3.28. The third kappa shape index (κ3) is 1.90. The van der Waals surface area contributed by atoms with Crippen molar-refractivity contribution >= 4 is 0 Å². The van der Waals surface area contributed by atoms with Gasteiger partial charge in [0.15, 0.2) is 0 Å². The average molecular weight is 231 g/mol. The molecular weight excluding hydrogens is 210 g/mol. The molecule has 0 aromatic carbocycles. The summed E-state index contributed by atoms with van der Waals surface area (Å²) in [5, 5.41) is 3.36. The van der Waals surface area contributed by atoms with Gasteiger partial charge in [0.2, 0.25) is 0 Å². The molecule has 0 spiro atoms. The first kappa shape index (κ1) is 10.1. The smallest absolute Gasteiger partial charge is 0.0948 e. The minimum absolute atomic E-state index is 0.719. The third-order valence-corrected chi connectivity index (χ3v) is 4.81. The number of imidazole rings is 1. The van der Waals surface area contributed by atoms with Gasteiger partial charge in [-0.25, -0.2) is 4.98 Å². The van der Waals surface area contributed by atoms with E-state index in [0.29, 0.717) is 0 Å². The first-order valence-electron chi connectivity index (χ1n) is 7.12. The predicted molar refractivity (Wildman–Crippen MR) is 66.8 cm³/mol. The van der Waals surface area contributed by atoms with Crippen LogP contribution in [0.4, 0.5) is 0 Å². The van der Waals surface area contributed by atoms with E-state index in [1.165, 1.54) is 37.9 Å². The molecule has 92 valence electrons. The van der Waals surface area contributed by atoms with Gasteiger partial charge in [0, 0.05) is 37.4 Å². The Hall–Kier alpha value is -0.830. The van der Waals surface area contributed by atoms with Crippen LogP contribution >= 0.6 is 0 Å². The summed E-state index contributed by atoms with van der Waals surface area (Å²) < 4.78 is 2.45. The third-order valence-electron chi connectivity index (χ3n) is 4.81. The van der Waals surface area contributed by atoms with Crippen LogP contribution in [0.3, 0.4) is 0 Å². The molecule has 0 radical (unpaired) electrons. The highest BCUT2D eigenvalue weighted by atomic mass is 15.1. The highest BCUT2D eigenvalue weighted by Crippen LogP contribution is 2.50. The molecule has 0 atom stereocenters. The van der Waals surface area contributed by atoms with E-state index in [0.717, 1.165) is 36.8 Å². The van der Waals surface area contributed by atoms with E-state index in [-0.39, 0.29) is 0 Å². The Morgan fingerprint density at radius 1 is 1.24 bits per heavy atom. The zero-order valence-corrected chi connectivity index (χ0v) is 10.3. The zero-order chi connectivity index (χ0) is 11.2. The Morgan fingerprint density at radius 2 is 1.94 bits per heavy atom. The predicted octanol–water partition coefficient (Wildman–Crippen LogP) is 2.01. The van der Waals surface area contributed by atoms with E-state index in [4.69, 9.17) is 0 Å². The monoisotopic (exact) mass is 231 g/mol. The minimum atomic E-state index is 0.719. The van der Waals surface area contributed by atoms with Gasteiger partial charge in [0.1, 0.15) is 0 Å². The van der Waals surface area contributed by atoms with E-state index in [1.807, 2.05) is 0 Å². The van der Waals surface area contributed by atoms with E-state index in [9.17, 15) is 0 Å². The van der Waals surface area contributed by atoms with E-state index < -0.39 is 0 Å². The van der Waals surface area contributed by atoms with Gasteiger partial charge in [-0.3, -0.25) is 0 Å². The van der Waals surface area contributed by atoms with Gasteiger partial charge in [0.25, 0.3) is 0 Å². The van der Waals surface area contributed by atoms with Crippen LogP contribution < -0.4 is 5.32 Å². The Kier molecular flexibility index (Phi) is 2.29. The molecule has 1 aromatic heterocycles. The van der Waals surface area contributed by atoms with E-state index >= 15 is 0 Å². The van der Waals surface area contributed by atoms with Gasteiger partial charge < -0.3 is 9.88 Å². The standard InChI is InChI=1S/C14H21N3/c1-2-10(1)13(11-3-4-11)8-17-9-16-7-14(17)12-5-15-6-12/h7,9-13,15H,1-6,8H2. The lowest BCUT2D eigenvalue weighted by molar-refractivity contribution is 0.332. The van der Waals surface area contributed by atoms with Crippen molar-refractivity contribution in [1.29, 1.82) is 0 Å². The lowest BCUT2D eigenvalue weighted by atomic mass is 9.96. The summed E-state index contributed by atoms with van der Waals surface area (Å²) in [6, 6.07) is 0. The lowest BCUT2D eigenvalue weighted by Gasteiger charge is -2.29. The minimum Gasteiger partial charge on any atom is -0.334 e. The molecular formula is C14H21N3. The molecule has 1 N–H and O–H groups in total. The van der Waals surface area contributed by atoms with Crippen LogP contribution in [-0.2, 0) is 6.54 Å². The fourth-order valence-electron chi connectivity index (χ4n) is 3.28. The summed E-state index contributed by atoms with van der Waals surface area (Å²) >= 11 is 0. The number of nitrogens with zero attached hydrogens (tertiary/aromatic N) is 2. The molecule has 17 heavy (non-hydrogen) atoms. The Bertz CT molecular complexity index is 387. The van der Waals surface area contributed by atoms with Gasteiger partial charge in [-0.2, -0.15) is 0 Å². The van der Waals surface area contributed by atoms with Crippen LogP contribution in [0.15, 0.2) is 12.5 Å². The van der Waals surface area contributed by atoms with Crippen LogP contribution in [-0.4, -0.2) is 22.6 Å². The van der Waals surface area contributed by atoms with Gasteiger partial charge >= 0.3 is 0 Å². The summed E-state index contributed by atoms with van der Waals surface area (Å²) in [4.78, 5) is 4.37. The molecule has 1 aromatic rings. The Morgan fingerprint density at radius 3 is 2.47 bits per heavy atom. The van der Waals surface area contributed by atoms with Gasteiger partial charge in [-0.15, -0.1) is 0 Å². The molecule has 3 heteroatoms. The molecule has 4 rings (SSSR count). The van der Waals surface area contributed by atoms with Crippen LogP contribution in [0.5, 0.6) is 0 Å². The van der Waals surface area contributed by atoms with E-state index in [2.05, 4.69) is 27.4 Å². The van der Waals surface area contributed by atoms with Gasteiger partial charge in [0.05, 0.1) is 6.33 Å². The summed E-state index contributed by atoms with van der Waals surface area (Å²) in [5.41, 5.74) is 1.47. The second kappa shape index (κ2) is 3.84. The van der Waals surface area contributed by atoms with Crippen molar-refractivity contribution in [1.82, 2.24) is 14.9 Å². The van der Waals surface area contributed by atoms with Crippen molar-refractivity contribution in [3.05, 3.63) is 18.2 Å². The summed E-state index contributed by atoms with van der Waals surface area (Å²) in [5.74, 6) is 3.75. The Labute approximate surface area is 103 Å². The molecule has 2 aliphatic carbocycles.